The summed E-state index contributed by atoms with van der Waals surface area (Å²) in [5.41, 5.74) is 2.96. The summed E-state index contributed by atoms with van der Waals surface area (Å²) in [7, 11) is 0. The summed E-state index contributed by atoms with van der Waals surface area (Å²) >= 11 is 1.67. The topological polar surface area (TPSA) is 58.5 Å². The second-order valence-corrected chi connectivity index (χ2v) is 6.36. The van der Waals surface area contributed by atoms with Crippen LogP contribution >= 0.6 is 11.3 Å². The maximum absolute atomic E-state index is 5.88. The van der Waals surface area contributed by atoms with Crippen molar-refractivity contribution >= 4 is 17.3 Å². The highest BCUT2D eigenvalue weighted by Gasteiger charge is 2.41. The highest BCUT2D eigenvalue weighted by molar-refractivity contribution is 7.09. The van der Waals surface area contributed by atoms with E-state index >= 15 is 0 Å². The van der Waals surface area contributed by atoms with E-state index in [2.05, 4.69) is 27.5 Å². The standard InChI is InChI=1S/C14H22N4OS/c1-3-15-14(16-7-13-9(2)17-8-20-13)18-11-6-10-4-5-12(11)19-10/h8,10-12H,3-7H2,1-2H3,(H2,15,16,18). The molecule has 3 heterocycles. The van der Waals surface area contributed by atoms with Gasteiger partial charge in [0.1, 0.15) is 0 Å². The van der Waals surface area contributed by atoms with Gasteiger partial charge in [-0.1, -0.05) is 0 Å². The number of rotatable bonds is 4. The van der Waals surface area contributed by atoms with Gasteiger partial charge in [-0.3, -0.25) is 0 Å². The second-order valence-electron chi connectivity index (χ2n) is 5.42. The Balaban J connectivity index is 1.61. The van der Waals surface area contributed by atoms with Gasteiger partial charge in [0.25, 0.3) is 0 Å². The van der Waals surface area contributed by atoms with Gasteiger partial charge in [0.2, 0.25) is 0 Å². The zero-order valence-electron chi connectivity index (χ0n) is 12.1. The second kappa shape index (κ2) is 6.10. The van der Waals surface area contributed by atoms with Crippen LogP contribution in [0.1, 0.15) is 36.8 Å². The van der Waals surface area contributed by atoms with Crippen molar-refractivity contribution in [1.82, 2.24) is 15.6 Å². The number of hydrogen-bond donors (Lipinski definition) is 2. The zero-order chi connectivity index (χ0) is 13.9. The molecule has 110 valence electrons. The maximum atomic E-state index is 5.88. The highest BCUT2D eigenvalue weighted by Crippen LogP contribution is 2.34. The van der Waals surface area contributed by atoms with Crippen molar-refractivity contribution in [2.45, 2.75) is 57.9 Å². The number of hydrogen-bond acceptors (Lipinski definition) is 4. The van der Waals surface area contributed by atoms with Crippen molar-refractivity contribution in [2.24, 2.45) is 4.99 Å². The van der Waals surface area contributed by atoms with E-state index in [1.54, 1.807) is 11.3 Å². The van der Waals surface area contributed by atoms with Crippen LogP contribution in [0.4, 0.5) is 0 Å². The summed E-state index contributed by atoms with van der Waals surface area (Å²) in [6.07, 6.45) is 4.33. The molecule has 0 spiro atoms. The predicted octanol–water partition coefficient (Wildman–Crippen LogP) is 1.83. The number of aromatic nitrogens is 1. The van der Waals surface area contributed by atoms with Gasteiger partial charge in [-0.25, -0.2) is 9.98 Å². The van der Waals surface area contributed by atoms with Gasteiger partial charge in [-0.15, -0.1) is 11.3 Å². The largest absolute Gasteiger partial charge is 0.373 e. The average Bonchev–Trinajstić information content (AvgIpc) is 3.13. The molecule has 0 saturated carbocycles. The number of nitrogens with one attached hydrogen (secondary N) is 2. The molecule has 2 bridgehead atoms. The fourth-order valence-electron chi connectivity index (χ4n) is 2.91. The van der Waals surface area contributed by atoms with Crippen LogP contribution in [0.3, 0.4) is 0 Å². The van der Waals surface area contributed by atoms with Crippen LogP contribution in [0.25, 0.3) is 0 Å². The minimum Gasteiger partial charge on any atom is -0.373 e. The van der Waals surface area contributed by atoms with Crippen molar-refractivity contribution in [3.05, 3.63) is 16.1 Å². The van der Waals surface area contributed by atoms with Gasteiger partial charge in [0.05, 0.1) is 36.0 Å². The maximum Gasteiger partial charge on any atom is 0.191 e. The fraction of sp³-hybridized carbons (Fsp3) is 0.714. The summed E-state index contributed by atoms with van der Waals surface area (Å²) in [6.45, 7) is 5.68. The first-order valence-corrected chi connectivity index (χ1v) is 8.23. The molecule has 3 unspecified atom stereocenters. The quantitative estimate of drug-likeness (QED) is 0.657. The summed E-state index contributed by atoms with van der Waals surface area (Å²) in [5.74, 6) is 0.890. The Morgan fingerprint density at radius 2 is 2.45 bits per heavy atom. The monoisotopic (exact) mass is 294 g/mol. The Labute approximate surface area is 123 Å². The van der Waals surface area contributed by atoms with Crippen LogP contribution in [0.2, 0.25) is 0 Å². The third-order valence-electron chi connectivity index (χ3n) is 4.00. The summed E-state index contributed by atoms with van der Waals surface area (Å²) in [5, 5.41) is 6.85. The number of aryl methyl sites for hydroxylation is 1. The number of nitrogens with zero attached hydrogens (tertiary/aromatic N) is 2. The number of fused-ring (bicyclic) bond motifs is 2. The van der Waals surface area contributed by atoms with E-state index in [1.165, 1.54) is 17.7 Å². The van der Waals surface area contributed by atoms with Crippen LogP contribution in [0.5, 0.6) is 0 Å². The van der Waals surface area contributed by atoms with E-state index < -0.39 is 0 Å². The molecule has 2 aliphatic rings. The predicted molar refractivity (Wildman–Crippen MR) is 81.1 cm³/mol. The molecule has 2 saturated heterocycles. The molecule has 0 amide bonds. The average molecular weight is 294 g/mol. The molecule has 20 heavy (non-hydrogen) atoms. The van der Waals surface area contributed by atoms with Crippen LogP contribution in [-0.2, 0) is 11.3 Å². The number of ether oxygens (including phenoxy) is 1. The van der Waals surface area contributed by atoms with Crippen molar-refractivity contribution in [2.75, 3.05) is 6.54 Å². The van der Waals surface area contributed by atoms with E-state index in [4.69, 9.17) is 4.74 Å². The number of guanidine groups is 1. The van der Waals surface area contributed by atoms with Gasteiger partial charge in [0.15, 0.2) is 5.96 Å². The Kier molecular flexibility index (Phi) is 4.21. The minimum absolute atomic E-state index is 0.369. The fourth-order valence-corrected chi connectivity index (χ4v) is 3.61. The van der Waals surface area contributed by atoms with Gasteiger partial charge < -0.3 is 15.4 Å². The molecule has 1 aromatic heterocycles. The molecule has 2 fully saturated rings. The van der Waals surface area contributed by atoms with Crippen molar-refractivity contribution in [1.29, 1.82) is 0 Å². The first-order chi connectivity index (χ1) is 9.76. The molecule has 0 radical (unpaired) electrons. The van der Waals surface area contributed by atoms with E-state index in [0.29, 0.717) is 24.8 Å². The highest BCUT2D eigenvalue weighted by atomic mass is 32.1. The number of aliphatic imine (C=N–C) groups is 1. The van der Waals surface area contributed by atoms with Crippen LogP contribution in [-0.4, -0.2) is 35.7 Å². The first-order valence-electron chi connectivity index (χ1n) is 7.35. The smallest absolute Gasteiger partial charge is 0.191 e. The van der Waals surface area contributed by atoms with E-state index in [9.17, 15) is 0 Å². The van der Waals surface area contributed by atoms with Crippen LogP contribution in [0, 0.1) is 6.92 Å². The molecule has 1 aromatic rings. The van der Waals surface area contributed by atoms with Gasteiger partial charge in [-0.2, -0.15) is 0 Å². The Bertz CT molecular complexity index is 487. The zero-order valence-corrected chi connectivity index (χ0v) is 12.9. The summed E-state index contributed by atoms with van der Waals surface area (Å²) in [4.78, 5) is 10.2. The Morgan fingerprint density at radius 1 is 1.55 bits per heavy atom. The molecular weight excluding hydrogens is 272 g/mol. The Hall–Kier alpha value is -1.14. The molecule has 0 aromatic carbocycles. The third-order valence-corrected chi connectivity index (χ3v) is 4.92. The SMILES string of the molecule is CCNC(=NCc1scnc1C)NC1CC2CCC1O2. The molecule has 0 aliphatic carbocycles. The van der Waals surface area contributed by atoms with Gasteiger partial charge >= 0.3 is 0 Å². The first kappa shape index (κ1) is 13.8. The molecule has 2 aliphatic heterocycles. The van der Waals surface area contributed by atoms with Crippen LogP contribution in [0.15, 0.2) is 10.5 Å². The van der Waals surface area contributed by atoms with Gasteiger partial charge in [-0.05, 0) is 33.1 Å². The third kappa shape index (κ3) is 2.96. The molecule has 3 atom stereocenters. The van der Waals surface area contributed by atoms with Crippen molar-refractivity contribution in [3.8, 4) is 0 Å². The van der Waals surface area contributed by atoms with E-state index in [1.807, 2.05) is 12.4 Å². The number of thiazole rings is 1. The normalized spacial score (nSPS) is 28.9. The summed E-state index contributed by atoms with van der Waals surface area (Å²) in [6, 6.07) is 0.411. The molecule has 6 heteroatoms. The molecule has 2 N–H and O–H groups in total. The van der Waals surface area contributed by atoms with Crippen LogP contribution < -0.4 is 10.6 Å². The molecule has 5 nitrogen and oxygen atoms in total. The van der Waals surface area contributed by atoms with Crippen molar-refractivity contribution in [3.63, 3.8) is 0 Å². The molecule has 3 rings (SSSR count). The lowest BCUT2D eigenvalue weighted by atomic mass is 9.96. The molecular formula is C14H22N4OS. The lowest BCUT2D eigenvalue weighted by Gasteiger charge is -2.22. The lowest BCUT2D eigenvalue weighted by Crippen LogP contribution is -2.47. The van der Waals surface area contributed by atoms with Crippen molar-refractivity contribution < 1.29 is 4.74 Å². The lowest BCUT2D eigenvalue weighted by molar-refractivity contribution is 0.0992. The van der Waals surface area contributed by atoms with Gasteiger partial charge in [0, 0.05) is 11.4 Å². The minimum atomic E-state index is 0.369. The van der Waals surface area contributed by atoms with E-state index in [0.717, 1.165) is 24.6 Å². The summed E-state index contributed by atoms with van der Waals surface area (Å²) < 4.78 is 5.88. The van der Waals surface area contributed by atoms with E-state index in [-0.39, 0.29) is 0 Å². The Morgan fingerprint density at radius 3 is 3.05 bits per heavy atom.